The fraction of sp³-hybridized carbons (Fsp3) is 0.500. The van der Waals surface area contributed by atoms with Crippen molar-refractivity contribution in [3.63, 3.8) is 0 Å². The van der Waals surface area contributed by atoms with E-state index in [1.165, 1.54) is 0 Å². The lowest BCUT2D eigenvalue weighted by Crippen LogP contribution is -2.48. The van der Waals surface area contributed by atoms with Crippen molar-refractivity contribution < 1.29 is 4.79 Å². The van der Waals surface area contributed by atoms with Crippen LogP contribution in [0.4, 0.5) is 11.4 Å². The first kappa shape index (κ1) is 13.3. The van der Waals surface area contributed by atoms with Crippen LogP contribution in [0, 0.1) is 0 Å². The van der Waals surface area contributed by atoms with Gasteiger partial charge in [0.25, 0.3) is 0 Å². The first-order chi connectivity index (χ1) is 8.51. The highest BCUT2D eigenvalue weighted by molar-refractivity contribution is 8.01. The molecule has 1 aliphatic rings. The van der Waals surface area contributed by atoms with Gasteiger partial charge in [0.15, 0.2) is 0 Å². The van der Waals surface area contributed by atoms with E-state index in [0.717, 1.165) is 35.7 Å². The number of hydrogen-bond donors (Lipinski definition) is 1. The van der Waals surface area contributed by atoms with Crippen LogP contribution in [0.1, 0.15) is 33.6 Å². The van der Waals surface area contributed by atoms with Gasteiger partial charge >= 0.3 is 0 Å². The smallest absolute Gasteiger partial charge is 0.243 e. The number of nitrogens with zero attached hydrogens (tertiary/aromatic N) is 1. The third kappa shape index (κ3) is 2.09. The molecule has 1 amide bonds. The van der Waals surface area contributed by atoms with Crippen molar-refractivity contribution in [2.24, 2.45) is 0 Å². The lowest BCUT2D eigenvalue weighted by molar-refractivity contribution is -0.120. The molecule has 1 unspecified atom stereocenters. The van der Waals surface area contributed by atoms with Crippen molar-refractivity contribution in [3.05, 3.63) is 18.2 Å². The van der Waals surface area contributed by atoms with Crippen LogP contribution in [0.2, 0.25) is 0 Å². The number of carbonyl (C=O) groups is 1. The van der Waals surface area contributed by atoms with Crippen LogP contribution in [0.25, 0.3) is 0 Å². The fourth-order valence-corrected chi connectivity index (χ4v) is 3.49. The van der Waals surface area contributed by atoms with E-state index in [9.17, 15) is 4.79 Å². The summed E-state index contributed by atoms with van der Waals surface area (Å²) in [6.07, 6.45) is 1.78. The Hall–Kier alpha value is -1.16. The van der Waals surface area contributed by atoms with Gasteiger partial charge in [0, 0.05) is 17.1 Å². The molecule has 18 heavy (non-hydrogen) atoms. The van der Waals surface area contributed by atoms with E-state index in [4.69, 9.17) is 5.73 Å². The summed E-state index contributed by atoms with van der Waals surface area (Å²) in [5, 5.41) is 0. The number of benzene rings is 1. The van der Waals surface area contributed by atoms with E-state index < -0.39 is 0 Å². The van der Waals surface area contributed by atoms with Crippen molar-refractivity contribution in [1.29, 1.82) is 0 Å². The van der Waals surface area contributed by atoms with Crippen LogP contribution in [-0.2, 0) is 4.79 Å². The highest BCUT2D eigenvalue weighted by Gasteiger charge is 2.41. The zero-order valence-electron chi connectivity index (χ0n) is 11.2. The van der Waals surface area contributed by atoms with Crippen LogP contribution in [0.3, 0.4) is 0 Å². The zero-order chi connectivity index (χ0) is 13.3. The van der Waals surface area contributed by atoms with Gasteiger partial charge in [0.1, 0.15) is 0 Å². The molecule has 3 nitrogen and oxygen atoms in total. The first-order valence-electron chi connectivity index (χ1n) is 6.42. The Morgan fingerprint density at radius 1 is 1.39 bits per heavy atom. The third-order valence-corrected chi connectivity index (χ3v) is 4.89. The predicted octanol–water partition coefficient (Wildman–Crippen LogP) is 3.29. The quantitative estimate of drug-likeness (QED) is 0.852. The van der Waals surface area contributed by atoms with Crippen molar-refractivity contribution in [3.8, 4) is 0 Å². The normalized spacial score (nSPS) is 23.1. The monoisotopic (exact) mass is 264 g/mol. The molecule has 0 spiro atoms. The summed E-state index contributed by atoms with van der Waals surface area (Å²) in [6.45, 7) is 6.95. The summed E-state index contributed by atoms with van der Waals surface area (Å²) >= 11 is 1.64. The average Bonchev–Trinajstić information content (AvgIpc) is 2.35. The molecule has 1 heterocycles. The summed E-state index contributed by atoms with van der Waals surface area (Å²) in [5.41, 5.74) is 7.61. The highest BCUT2D eigenvalue weighted by Crippen LogP contribution is 2.47. The minimum Gasteiger partial charge on any atom is -0.399 e. The molecular formula is C14H20N2OS. The Morgan fingerprint density at radius 3 is 2.72 bits per heavy atom. The Bertz CT molecular complexity index is 475. The number of fused-ring (bicyclic) bond motifs is 1. The molecule has 0 aliphatic carbocycles. The van der Waals surface area contributed by atoms with E-state index in [0.29, 0.717) is 0 Å². The Morgan fingerprint density at radius 2 is 2.11 bits per heavy atom. The Labute approximate surface area is 113 Å². The SMILES string of the molecule is CCCN1C(=O)C(C)(CC)Sc2cc(N)ccc21. The van der Waals surface area contributed by atoms with Gasteiger partial charge < -0.3 is 10.6 Å². The van der Waals surface area contributed by atoms with Crippen LogP contribution >= 0.6 is 11.8 Å². The van der Waals surface area contributed by atoms with Crippen molar-refractivity contribution in [1.82, 2.24) is 0 Å². The number of hydrogen-bond acceptors (Lipinski definition) is 3. The Kier molecular flexibility index (Phi) is 3.57. The molecule has 1 atom stereocenters. The molecule has 0 saturated carbocycles. The van der Waals surface area contributed by atoms with E-state index >= 15 is 0 Å². The predicted molar refractivity (Wildman–Crippen MR) is 78.1 cm³/mol. The fourth-order valence-electron chi connectivity index (χ4n) is 2.19. The molecule has 1 aromatic carbocycles. The number of carbonyl (C=O) groups excluding carboxylic acids is 1. The number of amides is 1. The van der Waals surface area contributed by atoms with Gasteiger partial charge in [0.2, 0.25) is 5.91 Å². The molecule has 0 aromatic heterocycles. The second kappa shape index (κ2) is 4.84. The van der Waals surface area contributed by atoms with Gasteiger partial charge in [0.05, 0.1) is 10.4 Å². The van der Waals surface area contributed by atoms with Crippen molar-refractivity contribution in [2.45, 2.75) is 43.3 Å². The maximum Gasteiger partial charge on any atom is 0.243 e. The summed E-state index contributed by atoms with van der Waals surface area (Å²) in [5.74, 6) is 0.217. The molecule has 0 fully saturated rings. The lowest BCUT2D eigenvalue weighted by atomic mass is 10.0. The molecule has 0 bridgehead atoms. The molecule has 1 aromatic rings. The molecular weight excluding hydrogens is 244 g/mol. The second-order valence-electron chi connectivity index (χ2n) is 4.87. The number of anilines is 2. The molecule has 4 heteroatoms. The summed E-state index contributed by atoms with van der Waals surface area (Å²) in [6, 6.07) is 5.80. The molecule has 98 valence electrons. The molecule has 0 radical (unpaired) electrons. The van der Waals surface area contributed by atoms with Gasteiger partial charge in [-0.1, -0.05) is 13.8 Å². The minimum atomic E-state index is -0.365. The molecule has 2 N–H and O–H groups in total. The number of thioether (sulfide) groups is 1. The van der Waals surface area contributed by atoms with Crippen molar-refractivity contribution in [2.75, 3.05) is 17.2 Å². The standard InChI is InChI=1S/C14H20N2OS/c1-4-8-16-11-7-6-10(15)9-12(11)18-14(3,5-2)13(16)17/h6-7,9H,4-5,8,15H2,1-3H3. The third-order valence-electron chi connectivity index (χ3n) is 3.43. The maximum atomic E-state index is 12.6. The van der Waals surface area contributed by atoms with E-state index in [1.807, 2.05) is 30.0 Å². The van der Waals surface area contributed by atoms with Gasteiger partial charge in [-0.15, -0.1) is 11.8 Å². The van der Waals surface area contributed by atoms with Crippen LogP contribution < -0.4 is 10.6 Å². The van der Waals surface area contributed by atoms with Crippen LogP contribution in [0.15, 0.2) is 23.1 Å². The van der Waals surface area contributed by atoms with Gasteiger partial charge in [-0.3, -0.25) is 4.79 Å². The lowest BCUT2D eigenvalue weighted by Gasteiger charge is -2.39. The zero-order valence-corrected chi connectivity index (χ0v) is 12.0. The topological polar surface area (TPSA) is 46.3 Å². The van der Waals surface area contributed by atoms with Crippen LogP contribution in [-0.4, -0.2) is 17.2 Å². The number of nitrogens with two attached hydrogens (primary N) is 1. The van der Waals surface area contributed by atoms with E-state index in [2.05, 4.69) is 13.8 Å². The summed E-state index contributed by atoms with van der Waals surface area (Å²) in [4.78, 5) is 15.6. The number of rotatable bonds is 3. The minimum absolute atomic E-state index is 0.217. The Balaban J connectivity index is 2.50. The molecule has 0 saturated heterocycles. The summed E-state index contributed by atoms with van der Waals surface area (Å²) < 4.78 is -0.365. The number of nitrogen functional groups attached to an aromatic ring is 1. The second-order valence-corrected chi connectivity index (χ2v) is 6.42. The van der Waals surface area contributed by atoms with Crippen LogP contribution in [0.5, 0.6) is 0 Å². The highest BCUT2D eigenvalue weighted by atomic mass is 32.2. The van der Waals surface area contributed by atoms with Gasteiger partial charge in [-0.25, -0.2) is 0 Å². The summed E-state index contributed by atoms with van der Waals surface area (Å²) in [7, 11) is 0. The van der Waals surface area contributed by atoms with Gasteiger partial charge in [-0.05, 0) is 38.0 Å². The largest absolute Gasteiger partial charge is 0.399 e. The average molecular weight is 264 g/mol. The van der Waals surface area contributed by atoms with E-state index in [1.54, 1.807) is 11.8 Å². The molecule has 1 aliphatic heterocycles. The van der Waals surface area contributed by atoms with Crippen molar-refractivity contribution >= 4 is 29.0 Å². The van der Waals surface area contributed by atoms with Gasteiger partial charge in [-0.2, -0.15) is 0 Å². The first-order valence-corrected chi connectivity index (χ1v) is 7.24. The molecule has 2 rings (SSSR count). The van der Waals surface area contributed by atoms with E-state index in [-0.39, 0.29) is 10.7 Å². The maximum absolute atomic E-state index is 12.6.